The topological polar surface area (TPSA) is 38.9 Å². The van der Waals surface area contributed by atoms with Crippen molar-refractivity contribution in [2.45, 2.75) is 16.5 Å². The highest BCUT2D eigenvalue weighted by Gasteiger charge is 2.09. The second kappa shape index (κ2) is 5.95. The van der Waals surface area contributed by atoms with Gasteiger partial charge in [0.15, 0.2) is 0 Å². The third-order valence-electron chi connectivity index (χ3n) is 3.03. The van der Waals surface area contributed by atoms with Crippen LogP contribution in [0.1, 0.15) is 5.56 Å². The maximum atomic E-state index is 5.87. The smallest absolute Gasteiger partial charge is 0.106 e. The molecule has 0 fully saturated rings. The molecule has 3 rings (SSSR count). The van der Waals surface area contributed by atoms with Gasteiger partial charge in [0.2, 0.25) is 0 Å². The largest absolute Gasteiger partial charge is 0.326 e. The quantitative estimate of drug-likeness (QED) is 0.754. The molecule has 1 aromatic heterocycles. The normalized spacial score (nSPS) is 10.9. The summed E-state index contributed by atoms with van der Waals surface area (Å²) in [4.78, 5) is 5.89. The van der Waals surface area contributed by atoms with Gasteiger partial charge in [0, 0.05) is 21.3 Å². The summed E-state index contributed by atoms with van der Waals surface area (Å²) in [5.74, 6) is 0. The van der Waals surface area contributed by atoms with E-state index in [2.05, 4.69) is 34.1 Å². The third-order valence-corrected chi connectivity index (χ3v) is 5.10. The molecule has 2 N–H and O–H groups in total. The predicted octanol–water partition coefficient (Wildman–Crippen LogP) is 4.61. The van der Waals surface area contributed by atoms with Crippen molar-refractivity contribution in [2.75, 3.05) is 0 Å². The number of fused-ring (bicyclic) bond motifs is 1. The van der Waals surface area contributed by atoms with E-state index in [0.717, 1.165) is 30.9 Å². The standard InChI is InChI=1S/C16H13BrN2S/c17-13-6-2-4-8-15(13)20-16-12(10-18)9-11-5-1-3-7-14(11)19-16/h1-9H,10,18H2. The van der Waals surface area contributed by atoms with Crippen LogP contribution in [0, 0.1) is 0 Å². The zero-order valence-electron chi connectivity index (χ0n) is 10.7. The third kappa shape index (κ3) is 2.73. The van der Waals surface area contributed by atoms with Crippen LogP contribution in [0.3, 0.4) is 0 Å². The highest BCUT2D eigenvalue weighted by molar-refractivity contribution is 9.10. The van der Waals surface area contributed by atoms with Crippen LogP contribution in [-0.4, -0.2) is 4.98 Å². The van der Waals surface area contributed by atoms with Crippen LogP contribution in [0.15, 0.2) is 69.0 Å². The van der Waals surface area contributed by atoms with Crippen LogP contribution >= 0.6 is 27.7 Å². The lowest BCUT2D eigenvalue weighted by Crippen LogP contribution is -2.00. The Hall–Kier alpha value is -1.36. The molecule has 0 saturated carbocycles. The number of nitrogens with zero attached hydrogens (tertiary/aromatic N) is 1. The van der Waals surface area contributed by atoms with Crippen molar-refractivity contribution in [1.82, 2.24) is 4.98 Å². The molecule has 0 saturated heterocycles. The van der Waals surface area contributed by atoms with Crippen LogP contribution in [-0.2, 0) is 6.54 Å². The van der Waals surface area contributed by atoms with Crippen LogP contribution < -0.4 is 5.73 Å². The fraction of sp³-hybridized carbons (Fsp3) is 0.0625. The minimum atomic E-state index is 0.491. The second-order valence-electron chi connectivity index (χ2n) is 4.38. The van der Waals surface area contributed by atoms with E-state index in [1.54, 1.807) is 11.8 Å². The molecule has 0 aliphatic carbocycles. The van der Waals surface area contributed by atoms with Gasteiger partial charge in [-0.2, -0.15) is 0 Å². The SMILES string of the molecule is NCc1cc2ccccc2nc1Sc1ccccc1Br. The number of pyridine rings is 1. The zero-order chi connectivity index (χ0) is 13.9. The number of para-hydroxylation sites is 1. The van der Waals surface area contributed by atoms with E-state index in [-0.39, 0.29) is 0 Å². The average Bonchev–Trinajstić information content (AvgIpc) is 2.49. The van der Waals surface area contributed by atoms with Crippen molar-refractivity contribution in [3.05, 3.63) is 64.6 Å². The predicted molar refractivity (Wildman–Crippen MR) is 87.9 cm³/mol. The van der Waals surface area contributed by atoms with E-state index < -0.39 is 0 Å². The lowest BCUT2D eigenvalue weighted by Gasteiger charge is -2.09. The first-order valence-corrected chi connectivity index (χ1v) is 7.90. The fourth-order valence-electron chi connectivity index (χ4n) is 2.01. The van der Waals surface area contributed by atoms with Gasteiger partial charge in [-0.15, -0.1) is 0 Å². The molecule has 0 atom stereocenters. The van der Waals surface area contributed by atoms with Gasteiger partial charge in [-0.05, 0) is 45.8 Å². The second-order valence-corrected chi connectivity index (χ2v) is 6.27. The van der Waals surface area contributed by atoms with E-state index in [1.165, 1.54) is 0 Å². The van der Waals surface area contributed by atoms with Gasteiger partial charge in [0.05, 0.1) is 5.52 Å². The monoisotopic (exact) mass is 344 g/mol. The number of aromatic nitrogens is 1. The Morgan fingerprint density at radius 2 is 1.80 bits per heavy atom. The van der Waals surface area contributed by atoms with E-state index in [9.17, 15) is 0 Å². The maximum absolute atomic E-state index is 5.87. The summed E-state index contributed by atoms with van der Waals surface area (Å²) in [6, 6.07) is 18.4. The molecule has 3 aromatic rings. The molecular weight excluding hydrogens is 332 g/mol. The van der Waals surface area contributed by atoms with Crippen molar-refractivity contribution in [3.8, 4) is 0 Å². The molecule has 0 radical (unpaired) electrons. The number of hydrogen-bond donors (Lipinski definition) is 1. The first-order valence-electron chi connectivity index (χ1n) is 6.29. The van der Waals surface area contributed by atoms with E-state index in [4.69, 9.17) is 10.7 Å². The van der Waals surface area contributed by atoms with E-state index in [0.29, 0.717) is 6.54 Å². The first kappa shape index (κ1) is 13.6. The summed E-state index contributed by atoms with van der Waals surface area (Å²) in [6.07, 6.45) is 0. The van der Waals surface area contributed by atoms with Crippen molar-refractivity contribution in [3.63, 3.8) is 0 Å². The Balaban J connectivity index is 2.08. The van der Waals surface area contributed by atoms with Gasteiger partial charge in [0.1, 0.15) is 5.03 Å². The number of halogens is 1. The van der Waals surface area contributed by atoms with Gasteiger partial charge in [-0.1, -0.05) is 42.1 Å². The summed E-state index contributed by atoms with van der Waals surface area (Å²) < 4.78 is 1.07. The number of hydrogen-bond acceptors (Lipinski definition) is 3. The highest BCUT2D eigenvalue weighted by atomic mass is 79.9. The average molecular weight is 345 g/mol. The van der Waals surface area contributed by atoms with Gasteiger partial charge >= 0.3 is 0 Å². The Labute approximate surface area is 130 Å². The summed E-state index contributed by atoms with van der Waals surface area (Å²) in [5.41, 5.74) is 7.94. The van der Waals surface area contributed by atoms with Crippen LogP contribution in [0.25, 0.3) is 10.9 Å². The summed E-state index contributed by atoms with van der Waals surface area (Å²) >= 11 is 5.21. The van der Waals surface area contributed by atoms with Gasteiger partial charge < -0.3 is 5.73 Å². The Morgan fingerprint density at radius 3 is 2.60 bits per heavy atom. The van der Waals surface area contributed by atoms with Crippen LogP contribution in [0.4, 0.5) is 0 Å². The summed E-state index contributed by atoms with van der Waals surface area (Å²) in [6.45, 7) is 0.491. The Morgan fingerprint density at radius 1 is 1.05 bits per heavy atom. The molecule has 4 heteroatoms. The molecule has 0 bridgehead atoms. The van der Waals surface area contributed by atoms with Crippen molar-refractivity contribution >= 4 is 38.6 Å². The summed E-state index contributed by atoms with van der Waals surface area (Å²) in [7, 11) is 0. The van der Waals surface area contributed by atoms with Gasteiger partial charge in [-0.25, -0.2) is 4.98 Å². The van der Waals surface area contributed by atoms with E-state index in [1.807, 2.05) is 36.4 Å². The van der Waals surface area contributed by atoms with Crippen LogP contribution in [0.2, 0.25) is 0 Å². The maximum Gasteiger partial charge on any atom is 0.106 e. The number of benzene rings is 2. The fourth-order valence-corrected chi connectivity index (χ4v) is 3.47. The lowest BCUT2D eigenvalue weighted by molar-refractivity contribution is 0.981. The van der Waals surface area contributed by atoms with Gasteiger partial charge in [-0.3, -0.25) is 0 Å². The highest BCUT2D eigenvalue weighted by Crippen LogP contribution is 2.35. The number of nitrogens with two attached hydrogens (primary N) is 1. The molecule has 0 unspecified atom stereocenters. The first-order chi connectivity index (χ1) is 9.78. The van der Waals surface area contributed by atoms with Gasteiger partial charge in [0.25, 0.3) is 0 Å². The zero-order valence-corrected chi connectivity index (χ0v) is 13.1. The molecule has 0 amide bonds. The Bertz CT molecular complexity index is 758. The van der Waals surface area contributed by atoms with Crippen LogP contribution in [0.5, 0.6) is 0 Å². The molecule has 100 valence electrons. The molecule has 2 aromatic carbocycles. The van der Waals surface area contributed by atoms with Crippen molar-refractivity contribution in [2.24, 2.45) is 5.73 Å². The molecular formula is C16H13BrN2S. The molecule has 0 aliphatic heterocycles. The number of rotatable bonds is 3. The molecule has 0 aliphatic rings. The minimum absolute atomic E-state index is 0.491. The molecule has 20 heavy (non-hydrogen) atoms. The van der Waals surface area contributed by atoms with Crippen molar-refractivity contribution in [1.29, 1.82) is 0 Å². The minimum Gasteiger partial charge on any atom is -0.326 e. The lowest BCUT2D eigenvalue weighted by atomic mass is 10.1. The Kier molecular flexibility index (Phi) is 4.05. The van der Waals surface area contributed by atoms with E-state index >= 15 is 0 Å². The molecule has 1 heterocycles. The van der Waals surface area contributed by atoms with Crippen molar-refractivity contribution < 1.29 is 0 Å². The molecule has 2 nitrogen and oxygen atoms in total. The molecule has 0 spiro atoms. The summed E-state index contributed by atoms with van der Waals surface area (Å²) in [5, 5.41) is 2.10.